The summed E-state index contributed by atoms with van der Waals surface area (Å²) in [5.41, 5.74) is 0.840. The van der Waals surface area contributed by atoms with Gasteiger partial charge in [-0.3, -0.25) is 14.5 Å². The fourth-order valence-electron chi connectivity index (χ4n) is 4.36. The van der Waals surface area contributed by atoms with Crippen molar-refractivity contribution in [2.45, 2.75) is 12.6 Å². The first-order chi connectivity index (χ1) is 16.7. The fraction of sp³-hybridized carbons (Fsp3) is 0.292. The number of aromatic nitrogens is 2. The second-order valence-corrected chi connectivity index (χ2v) is 10.1. The number of piperazine rings is 1. The average Bonchev–Trinajstić information content (AvgIpc) is 3.54. The first-order valence-corrected chi connectivity index (χ1v) is 12.9. The van der Waals surface area contributed by atoms with Crippen molar-refractivity contribution < 1.29 is 14.3 Å². The molecule has 34 heavy (non-hydrogen) atoms. The number of nitrogens with one attached hydrogen (secondary N) is 1. The molecule has 5 heterocycles. The Hall–Kier alpha value is -3.21. The number of amides is 1. The highest BCUT2D eigenvalue weighted by Gasteiger charge is 2.32. The Morgan fingerprint density at radius 1 is 1.09 bits per heavy atom. The van der Waals surface area contributed by atoms with E-state index in [1.54, 1.807) is 11.3 Å². The number of para-hydroxylation sites is 2. The maximum atomic E-state index is 13.0. The van der Waals surface area contributed by atoms with Gasteiger partial charge >= 0.3 is 0 Å². The van der Waals surface area contributed by atoms with Crippen molar-refractivity contribution in [1.82, 2.24) is 19.8 Å². The van der Waals surface area contributed by atoms with Crippen LogP contribution in [0.5, 0.6) is 11.5 Å². The molecule has 3 aromatic heterocycles. The number of hydrogen-bond donors (Lipinski definition) is 1. The standard InChI is InChI=1S/C24H22N4O4S2/c29-22-21-15(19-6-3-11-33-19)14-34-23(21)26-20(25-22)12-27-7-9-28(10-8-27)24(30)18-13-31-16-4-1-2-5-17(16)32-18/h1-6,11,14,18H,7-10,12-13H2,(H,25,26,29)/t18-/m0/s1. The molecule has 0 aliphatic carbocycles. The molecule has 1 aromatic carbocycles. The summed E-state index contributed by atoms with van der Waals surface area (Å²) in [7, 11) is 0. The zero-order valence-electron chi connectivity index (χ0n) is 18.2. The van der Waals surface area contributed by atoms with Gasteiger partial charge in [-0.2, -0.15) is 0 Å². The van der Waals surface area contributed by atoms with Crippen LogP contribution in [-0.4, -0.2) is 64.6 Å². The summed E-state index contributed by atoms with van der Waals surface area (Å²) in [5, 5.41) is 4.66. The van der Waals surface area contributed by atoms with E-state index in [1.165, 1.54) is 11.3 Å². The molecule has 174 valence electrons. The molecule has 1 atom stereocenters. The second-order valence-electron chi connectivity index (χ2n) is 8.29. The van der Waals surface area contributed by atoms with E-state index in [4.69, 9.17) is 14.5 Å². The number of hydrogen-bond acceptors (Lipinski definition) is 8. The molecule has 0 radical (unpaired) electrons. The minimum atomic E-state index is -0.627. The number of carbonyl (C=O) groups is 1. The van der Waals surface area contributed by atoms with E-state index in [2.05, 4.69) is 9.88 Å². The van der Waals surface area contributed by atoms with Gasteiger partial charge in [0.1, 0.15) is 17.3 Å². The summed E-state index contributed by atoms with van der Waals surface area (Å²) >= 11 is 3.11. The summed E-state index contributed by atoms with van der Waals surface area (Å²) in [4.78, 5) is 39.3. The highest BCUT2D eigenvalue weighted by atomic mass is 32.1. The summed E-state index contributed by atoms with van der Waals surface area (Å²) < 4.78 is 11.6. The molecule has 8 nitrogen and oxygen atoms in total. The Kier molecular flexibility index (Phi) is 5.56. The van der Waals surface area contributed by atoms with Crippen LogP contribution in [0.4, 0.5) is 0 Å². The lowest BCUT2D eigenvalue weighted by atomic mass is 10.2. The number of rotatable bonds is 4. The normalized spacial score (nSPS) is 18.4. The van der Waals surface area contributed by atoms with Crippen LogP contribution < -0.4 is 15.0 Å². The van der Waals surface area contributed by atoms with E-state index in [0.29, 0.717) is 55.4 Å². The Bertz CT molecular complexity index is 1390. The zero-order valence-corrected chi connectivity index (χ0v) is 19.9. The molecule has 0 saturated carbocycles. The van der Waals surface area contributed by atoms with E-state index >= 15 is 0 Å². The molecule has 6 rings (SSSR count). The van der Waals surface area contributed by atoms with Gasteiger partial charge in [0.2, 0.25) is 6.10 Å². The molecule has 10 heteroatoms. The van der Waals surface area contributed by atoms with Crippen LogP contribution in [0.25, 0.3) is 20.7 Å². The molecule has 1 fully saturated rings. The Balaban J connectivity index is 1.09. The van der Waals surface area contributed by atoms with Crippen LogP contribution in [-0.2, 0) is 11.3 Å². The van der Waals surface area contributed by atoms with Gasteiger partial charge in [0.15, 0.2) is 11.5 Å². The van der Waals surface area contributed by atoms with Crippen molar-refractivity contribution in [1.29, 1.82) is 0 Å². The van der Waals surface area contributed by atoms with Gasteiger partial charge < -0.3 is 19.4 Å². The molecular formula is C24H22N4O4S2. The number of aromatic amines is 1. The van der Waals surface area contributed by atoms with E-state index in [9.17, 15) is 9.59 Å². The van der Waals surface area contributed by atoms with Gasteiger partial charge in [-0.1, -0.05) is 18.2 Å². The highest BCUT2D eigenvalue weighted by molar-refractivity contribution is 7.18. The fourth-order valence-corrected chi connectivity index (χ4v) is 6.15. The largest absolute Gasteiger partial charge is 0.485 e. The first kappa shape index (κ1) is 21.3. The highest BCUT2D eigenvalue weighted by Crippen LogP contribution is 2.34. The Morgan fingerprint density at radius 3 is 2.71 bits per heavy atom. The van der Waals surface area contributed by atoms with Crippen molar-refractivity contribution in [3.63, 3.8) is 0 Å². The smallest absolute Gasteiger partial charge is 0.267 e. The number of carbonyl (C=O) groups excluding carboxylic acids is 1. The van der Waals surface area contributed by atoms with Crippen molar-refractivity contribution in [3.8, 4) is 21.9 Å². The predicted molar refractivity (Wildman–Crippen MR) is 132 cm³/mol. The summed E-state index contributed by atoms with van der Waals surface area (Å²) in [6.07, 6.45) is -0.627. The van der Waals surface area contributed by atoms with Crippen LogP contribution in [0, 0.1) is 0 Å². The Labute approximate surface area is 203 Å². The molecule has 1 amide bonds. The van der Waals surface area contributed by atoms with E-state index in [-0.39, 0.29) is 18.1 Å². The van der Waals surface area contributed by atoms with Crippen molar-refractivity contribution in [3.05, 3.63) is 63.3 Å². The molecule has 0 unspecified atom stereocenters. The van der Waals surface area contributed by atoms with Crippen molar-refractivity contribution in [2.24, 2.45) is 0 Å². The molecule has 2 aliphatic rings. The lowest BCUT2D eigenvalue weighted by Crippen LogP contribution is -2.53. The molecule has 1 N–H and O–H groups in total. The maximum absolute atomic E-state index is 13.0. The van der Waals surface area contributed by atoms with Crippen molar-refractivity contribution >= 4 is 38.8 Å². The zero-order chi connectivity index (χ0) is 23.1. The first-order valence-electron chi connectivity index (χ1n) is 11.1. The van der Waals surface area contributed by atoms with E-state index in [1.807, 2.05) is 52.1 Å². The lowest BCUT2D eigenvalue weighted by Gasteiger charge is -2.36. The monoisotopic (exact) mass is 494 g/mol. The third kappa shape index (κ3) is 3.97. The third-order valence-electron chi connectivity index (χ3n) is 6.12. The van der Waals surface area contributed by atoms with Crippen LogP contribution >= 0.6 is 22.7 Å². The molecular weight excluding hydrogens is 472 g/mol. The van der Waals surface area contributed by atoms with Crippen LogP contribution in [0.1, 0.15) is 5.82 Å². The second kappa shape index (κ2) is 8.86. The van der Waals surface area contributed by atoms with Crippen LogP contribution in [0.3, 0.4) is 0 Å². The van der Waals surface area contributed by atoms with Crippen LogP contribution in [0.2, 0.25) is 0 Å². The molecule has 0 bridgehead atoms. The minimum Gasteiger partial charge on any atom is -0.485 e. The number of nitrogens with zero attached hydrogens (tertiary/aromatic N) is 3. The number of fused-ring (bicyclic) bond motifs is 2. The van der Waals surface area contributed by atoms with Gasteiger partial charge in [-0.05, 0) is 23.6 Å². The molecule has 4 aromatic rings. The Morgan fingerprint density at radius 2 is 1.91 bits per heavy atom. The van der Waals surface area contributed by atoms with E-state index in [0.717, 1.165) is 15.3 Å². The summed E-state index contributed by atoms with van der Waals surface area (Å²) in [6, 6.07) is 11.4. The SMILES string of the molecule is O=C([C@@H]1COc2ccccc2O1)N1CCN(Cc2nc3scc(-c4cccs4)c3c(=O)[nH]2)CC1. The van der Waals surface area contributed by atoms with Gasteiger partial charge in [0.05, 0.1) is 11.9 Å². The predicted octanol–water partition coefficient (Wildman–Crippen LogP) is 3.20. The summed E-state index contributed by atoms with van der Waals surface area (Å²) in [6.45, 7) is 3.33. The number of H-pyrrole nitrogens is 1. The maximum Gasteiger partial charge on any atom is 0.267 e. The van der Waals surface area contributed by atoms with Crippen LogP contribution in [0.15, 0.2) is 52.0 Å². The molecule has 1 saturated heterocycles. The average molecular weight is 495 g/mol. The minimum absolute atomic E-state index is 0.0539. The van der Waals surface area contributed by atoms with E-state index < -0.39 is 6.10 Å². The summed E-state index contributed by atoms with van der Waals surface area (Å²) in [5.74, 6) is 1.87. The number of ether oxygens (including phenoxy) is 2. The number of benzene rings is 1. The van der Waals surface area contributed by atoms with Gasteiger partial charge in [0, 0.05) is 42.0 Å². The molecule has 0 spiro atoms. The van der Waals surface area contributed by atoms with Gasteiger partial charge in [-0.25, -0.2) is 4.98 Å². The third-order valence-corrected chi connectivity index (χ3v) is 7.90. The van der Waals surface area contributed by atoms with Gasteiger partial charge in [0.25, 0.3) is 11.5 Å². The van der Waals surface area contributed by atoms with Gasteiger partial charge in [-0.15, -0.1) is 22.7 Å². The topological polar surface area (TPSA) is 87.8 Å². The molecule has 2 aliphatic heterocycles. The van der Waals surface area contributed by atoms with Crippen molar-refractivity contribution in [2.75, 3.05) is 32.8 Å². The lowest BCUT2D eigenvalue weighted by molar-refractivity contribution is -0.143. The quantitative estimate of drug-likeness (QED) is 0.469. The number of thiophene rings is 2.